The Hall–Kier alpha value is -2.31. The van der Waals surface area contributed by atoms with Crippen LogP contribution in [0.3, 0.4) is 0 Å². The zero-order valence-electron chi connectivity index (χ0n) is 17.1. The lowest BCUT2D eigenvalue weighted by Gasteiger charge is -2.11. The molecule has 3 aromatic rings. The first-order valence-corrected chi connectivity index (χ1v) is 11.4. The van der Waals surface area contributed by atoms with Gasteiger partial charge in [0.05, 0.1) is 21.5 Å². The molecular formula is C24H17Cl4FN2O2. The fraction of sp³-hybridized carbons (Fsp3) is 0.167. The third-order valence-corrected chi connectivity index (χ3v) is 7.07. The fourth-order valence-electron chi connectivity index (χ4n) is 3.67. The van der Waals surface area contributed by atoms with Gasteiger partial charge in [0.1, 0.15) is 10.2 Å². The average molecular weight is 526 g/mol. The smallest absolute Gasteiger partial charge is 0.257 e. The van der Waals surface area contributed by atoms with Crippen LogP contribution < -0.4 is 10.6 Å². The first-order chi connectivity index (χ1) is 15.6. The van der Waals surface area contributed by atoms with Crippen LogP contribution >= 0.6 is 46.4 Å². The molecule has 2 amide bonds. The summed E-state index contributed by atoms with van der Waals surface area (Å²) in [6.07, 6.45) is 0. The summed E-state index contributed by atoms with van der Waals surface area (Å²) < 4.78 is 12.1. The van der Waals surface area contributed by atoms with Gasteiger partial charge in [-0.05, 0) is 54.4 Å². The maximum absolute atomic E-state index is 13.5. The SMILES string of the molecule is Cc1ccccc1NC(=O)c1cc(NC(=O)C2C(c3ccc(F)c(Cl)c3)C2(Cl)Cl)ccc1Cl. The molecule has 170 valence electrons. The molecule has 4 rings (SSSR count). The van der Waals surface area contributed by atoms with Crippen LogP contribution in [-0.2, 0) is 4.79 Å². The second-order valence-electron chi connectivity index (χ2n) is 7.76. The molecule has 2 unspecified atom stereocenters. The Labute approximate surface area is 210 Å². The summed E-state index contributed by atoms with van der Waals surface area (Å²) in [6, 6.07) is 16.0. The third kappa shape index (κ3) is 4.82. The van der Waals surface area contributed by atoms with Gasteiger partial charge in [0, 0.05) is 17.3 Å². The Morgan fingerprint density at radius 3 is 2.36 bits per heavy atom. The van der Waals surface area contributed by atoms with E-state index in [1.165, 1.54) is 30.3 Å². The molecule has 2 N–H and O–H groups in total. The van der Waals surface area contributed by atoms with Crippen molar-refractivity contribution in [2.75, 3.05) is 10.6 Å². The highest BCUT2D eigenvalue weighted by Crippen LogP contribution is 2.65. The first-order valence-electron chi connectivity index (χ1n) is 9.89. The minimum Gasteiger partial charge on any atom is -0.326 e. The van der Waals surface area contributed by atoms with E-state index in [-0.39, 0.29) is 15.6 Å². The normalized spacial score (nSPS) is 18.5. The number of nitrogens with one attached hydrogen (secondary N) is 2. The van der Waals surface area contributed by atoms with Crippen LogP contribution in [0.15, 0.2) is 60.7 Å². The number of hydrogen-bond acceptors (Lipinski definition) is 2. The van der Waals surface area contributed by atoms with Crippen molar-refractivity contribution < 1.29 is 14.0 Å². The molecule has 4 nitrogen and oxygen atoms in total. The lowest BCUT2D eigenvalue weighted by Crippen LogP contribution is -2.18. The van der Waals surface area contributed by atoms with E-state index < -0.39 is 33.8 Å². The average Bonchev–Trinajstić information content (AvgIpc) is 3.35. The highest BCUT2D eigenvalue weighted by atomic mass is 35.5. The molecule has 9 heteroatoms. The minimum atomic E-state index is -1.37. The van der Waals surface area contributed by atoms with Crippen LogP contribution in [0.4, 0.5) is 15.8 Å². The van der Waals surface area contributed by atoms with Crippen LogP contribution in [0.25, 0.3) is 0 Å². The van der Waals surface area contributed by atoms with Crippen molar-refractivity contribution in [1.29, 1.82) is 0 Å². The monoisotopic (exact) mass is 524 g/mol. The van der Waals surface area contributed by atoms with E-state index in [4.69, 9.17) is 46.4 Å². The molecule has 33 heavy (non-hydrogen) atoms. The highest BCUT2D eigenvalue weighted by molar-refractivity contribution is 6.53. The second-order valence-corrected chi connectivity index (χ2v) is 10.0. The van der Waals surface area contributed by atoms with Gasteiger partial charge in [-0.2, -0.15) is 0 Å². The van der Waals surface area contributed by atoms with Crippen molar-refractivity contribution in [3.05, 3.63) is 93.2 Å². The molecule has 1 aliphatic carbocycles. The van der Waals surface area contributed by atoms with Crippen molar-refractivity contribution in [2.45, 2.75) is 17.2 Å². The molecule has 1 saturated carbocycles. The molecule has 2 atom stereocenters. The zero-order valence-corrected chi connectivity index (χ0v) is 20.2. The molecule has 0 aliphatic heterocycles. The molecule has 0 saturated heterocycles. The van der Waals surface area contributed by atoms with E-state index >= 15 is 0 Å². The summed E-state index contributed by atoms with van der Waals surface area (Å²) in [4.78, 5) is 25.7. The van der Waals surface area contributed by atoms with Crippen molar-refractivity contribution in [3.63, 3.8) is 0 Å². The minimum absolute atomic E-state index is 0.0790. The first kappa shape index (κ1) is 23.8. The van der Waals surface area contributed by atoms with Crippen LogP contribution in [0.5, 0.6) is 0 Å². The number of rotatable bonds is 5. The number of halogens is 5. The van der Waals surface area contributed by atoms with Crippen molar-refractivity contribution >= 4 is 69.6 Å². The summed E-state index contributed by atoms with van der Waals surface area (Å²) in [5.41, 5.74) is 2.65. The van der Waals surface area contributed by atoms with Crippen molar-refractivity contribution in [1.82, 2.24) is 0 Å². The van der Waals surface area contributed by atoms with Crippen LogP contribution in [0.1, 0.15) is 27.4 Å². The number of amides is 2. The molecule has 0 aromatic heterocycles. The summed E-state index contributed by atoms with van der Waals surface area (Å²) in [7, 11) is 0. The lowest BCUT2D eigenvalue weighted by atomic mass is 10.1. The Morgan fingerprint density at radius 1 is 0.939 bits per heavy atom. The van der Waals surface area contributed by atoms with E-state index in [0.29, 0.717) is 16.9 Å². The Bertz CT molecular complexity index is 1260. The maximum Gasteiger partial charge on any atom is 0.257 e. The van der Waals surface area contributed by atoms with Gasteiger partial charge in [0.2, 0.25) is 5.91 Å². The van der Waals surface area contributed by atoms with Gasteiger partial charge >= 0.3 is 0 Å². The van der Waals surface area contributed by atoms with E-state index in [9.17, 15) is 14.0 Å². The van der Waals surface area contributed by atoms with E-state index in [1.54, 1.807) is 12.1 Å². The number of carbonyl (C=O) groups excluding carboxylic acids is 2. The van der Waals surface area contributed by atoms with E-state index in [0.717, 1.165) is 5.56 Å². The van der Waals surface area contributed by atoms with Gasteiger partial charge in [-0.15, -0.1) is 23.2 Å². The standard InChI is InChI=1S/C24H17Cl4FN2O2/c1-12-4-2-3-5-19(12)31-22(32)15-11-14(7-8-16(15)25)30-23(33)21-20(24(21,27)28)13-6-9-18(29)17(26)10-13/h2-11,20-21H,1H3,(H,30,33)(H,31,32). The number of alkyl halides is 2. The summed E-state index contributed by atoms with van der Waals surface area (Å²) in [5, 5.41) is 5.69. The zero-order chi connectivity index (χ0) is 23.9. The number of benzene rings is 3. The van der Waals surface area contributed by atoms with E-state index in [2.05, 4.69) is 10.6 Å². The Kier molecular flexibility index (Phi) is 6.61. The van der Waals surface area contributed by atoms with Gasteiger partial charge in [0.25, 0.3) is 5.91 Å². The Balaban J connectivity index is 1.51. The fourth-order valence-corrected chi connectivity index (χ4v) is 4.89. The van der Waals surface area contributed by atoms with Gasteiger partial charge in [0.15, 0.2) is 0 Å². The van der Waals surface area contributed by atoms with Crippen LogP contribution in [-0.4, -0.2) is 16.1 Å². The summed E-state index contributed by atoms with van der Waals surface area (Å²) in [5.74, 6) is -2.79. The molecule has 1 aliphatic rings. The number of hydrogen-bond donors (Lipinski definition) is 2. The van der Waals surface area contributed by atoms with Gasteiger partial charge in [-0.25, -0.2) is 4.39 Å². The predicted octanol–water partition coefficient (Wildman–Crippen LogP) is 7.22. The van der Waals surface area contributed by atoms with Crippen LogP contribution in [0, 0.1) is 18.7 Å². The third-order valence-electron chi connectivity index (χ3n) is 5.51. The number of anilines is 2. The number of carbonyl (C=O) groups is 2. The quantitative estimate of drug-likeness (QED) is 0.345. The molecule has 0 spiro atoms. The second kappa shape index (κ2) is 9.15. The van der Waals surface area contributed by atoms with Crippen molar-refractivity contribution in [3.8, 4) is 0 Å². The maximum atomic E-state index is 13.5. The highest BCUT2D eigenvalue weighted by Gasteiger charge is 2.67. The van der Waals surface area contributed by atoms with Gasteiger partial charge in [-0.3, -0.25) is 9.59 Å². The molecule has 3 aromatic carbocycles. The summed E-state index contributed by atoms with van der Waals surface area (Å²) >= 11 is 24.8. The molecule has 0 bridgehead atoms. The molecule has 1 fully saturated rings. The van der Waals surface area contributed by atoms with Gasteiger partial charge < -0.3 is 10.6 Å². The Morgan fingerprint density at radius 2 is 1.67 bits per heavy atom. The molecule has 0 heterocycles. The number of para-hydroxylation sites is 1. The summed E-state index contributed by atoms with van der Waals surface area (Å²) in [6.45, 7) is 1.87. The molecular weight excluding hydrogens is 509 g/mol. The van der Waals surface area contributed by atoms with Crippen molar-refractivity contribution in [2.24, 2.45) is 5.92 Å². The number of aryl methyl sites for hydroxylation is 1. The van der Waals surface area contributed by atoms with Crippen LogP contribution in [0.2, 0.25) is 10.0 Å². The topological polar surface area (TPSA) is 58.2 Å². The molecule has 0 radical (unpaired) electrons. The largest absolute Gasteiger partial charge is 0.326 e. The van der Waals surface area contributed by atoms with E-state index in [1.807, 2.05) is 25.1 Å². The predicted molar refractivity (Wildman–Crippen MR) is 131 cm³/mol. The lowest BCUT2D eigenvalue weighted by molar-refractivity contribution is -0.117. The van der Waals surface area contributed by atoms with Gasteiger partial charge in [-0.1, -0.05) is 47.5 Å².